The molecule has 35 heavy (non-hydrogen) atoms. The van der Waals surface area contributed by atoms with Crippen LogP contribution in [0.1, 0.15) is 36.6 Å². The van der Waals surface area contributed by atoms with Crippen LogP contribution in [0.4, 0.5) is 5.69 Å². The number of benzene rings is 1. The Labute approximate surface area is 209 Å². The summed E-state index contributed by atoms with van der Waals surface area (Å²) in [6.07, 6.45) is 3.73. The molecule has 1 aliphatic rings. The molecule has 1 aromatic heterocycles. The Morgan fingerprint density at radius 3 is 2.49 bits per heavy atom. The summed E-state index contributed by atoms with van der Waals surface area (Å²) in [4.78, 5) is 4.52. The van der Waals surface area contributed by atoms with Crippen molar-refractivity contribution in [3.8, 4) is 0 Å². The third-order valence-electron chi connectivity index (χ3n) is 6.63. The number of rotatable bonds is 10. The van der Waals surface area contributed by atoms with Gasteiger partial charge in [-0.2, -0.15) is 5.10 Å². The molecule has 0 radical (unpaired) electrons. The summed E-state index contributed by atoms with van der Waals surface area (Å²) in [5.74, 6) is 0. The van der Waals surface area contributed by atoms with E-state index in [0.29, 0.717) is 11.8 Å². The van der Waals surface area contributed by atoms with Gasteiger partial charge in [-0.25, -0.2) is 0 Å². The van der Waals surface area contributed by atoms with Crippen molar-refractivity contribution in [3.63, 3.8) is 0 Å². The Kier molecular flexibility index (Phi) is 8.46. The molecule has 0 amide bonds. The molecule has 1 saturated heterocycles. The number of allylic oxidation sites excluding steroid dienone is 2. The Morgan fingerprint density at radius 1 is 1.29 bits per heavy atom. The van der Waals surface area contributed by atoms with Gasteiger partial charge >= 0.3 is 0 Å². The first-order valence-electron chi connectivity index (χ1n) is 12.1. The molecule has 7 heteroatoms. The maximum Gasteiger partial charge on any atom is 0.158 e. The number of hydrogen-bond donors (Lipinski definition) is 2. The normalized spacial score (nSPS) is 16.2. The smallest absolute Gasteiger partial charge is 0.158 e. The van der Waals surface area contributed by atoms with Crippen LogP contribution in [-0.2, 0) is 6.54 Å². The van der Waals surface area contributed by atoms with E-state index in [2.05, 4.69) is 115 Å². The van der Waals surface area contributed by atoms with Crippen molar-refractivity contribution in [1.82, 2.24) is 14.8 Å². The minimum Gasteiger partial charge on any atom is -0.383 e. The quantitative estimate of drug-likeness (QED) is 0.401. The lowest BCUT2D eigenvalue weighted by Crippen LogP contribution is -2.55. The molecule has 1 aliphatic heterocycles. The Bertz CT molecular complexity index is 1180. The summed E-state index contributed by atoms with van der Waals surface area (Å²) in [6, 6.07) is 10.9. The third kappa shape index (κ3) is 5.80. The molecule has 2 aromatic rings. The zero-order valence-corrected chi connectivity index (χ0v) is 22.0. The minimum absolute atomic E-state index is 0.184. The van der Waals surface area contributed by atoms with Crippen LogP contribution in [-0.4, -0.2) is 55.1 Å². The fourth-order valence-corrected chi connectivity index (χ4v) is 4.73. The number of nitrogens with zero attached hydrogens (tertiary/aromatic N) is 5. The highest BCUT2D eigenvalue weighted by Crippen LogP contribution is 2.34. The predicted octanol–water partition coefficient (Wildman–Crippen LogP) is 4.20. The van der Waals surface area contributed by atoms with Crippen LogP contribution in [0.15, 0.2) is 70.7 Å². The first-order chi connectivity index (χ1) is 16.7. The van der Waals surface area contributed by atoms with Gasteiger partial charge in [0.25, 0.3) is 0 Å². The van der Waals surface area contributed by atoms with Gasteiger partial charge in [0, 0.05) is 50.9 Å². The van der Waals surface area contributed by atoms with Crippen molar-refractivity contribution >= 4 is 18.1 Å². The maximum absolute atomic E-state index is 8.88. The van der Waals surface area contributed by atoms with Crippen LogP contribution < -0.4 is 15.7 Å². The summed E-state index contributed by atoms with van der Waals surface area (Å²) in [5, 5.41) is 20.5. The van der Waals surface area contributed by atoms with E-state index >= 15 is 0 Å². The van der Waals surface area contributed by atoms with E-state index in [9.17, 15) is 0 Å². The van der Waals surface area contributed by atoms with Crippen molar-refractivity contribution in [2.24, 2.45) is 10.2 Å². The first-order valence-corrected chi connectivity index (χ1v) is 12.1. The average molecular weight is 474 g/mol. The molecule has 186 valence electrons. The van der Waals surface area contributed by atoms with Gasteiger partial charge in [0.05, 0.1) is 23.5 Å². The number of nitrogens with one attached hydrogen (secondary N) is 2. The molecule has 0 aliphatic carbocycles. The van der Waals surface area contributed by atoms with Crippen molar-refractivity contribution in [2.45, 2.75) is 46.3 Å². The van der Waals surface area contributed by atoms with Crippen molar-refractivity contribution in [3.05, 3.63) is 82.6 Å². The van der Waals surface area contributed by atoms with E-state index in [1.807, 2.05) is 6.92 Å². The number of aromatic nitrogens is 1. The average Bonchev–Trinajstić information content (AvgIpc) is 2.82. The molecular formula is C28H39N7. The molecule has 1 unspecified atom stereocenters. The topological polar surface area (TPSA) is 72.0 Å². The Morgan fingerprint density at radius 2 is 1.94 bits per heavy atom. The molecule has 0 spiro atoms. The van der Waals surface area contributed by atoms with Gasteiger partial charge < -0.3 is 25.1 Å². The molecule has 1 aromatic carbocycles. The zero-order chi connectivity index (χ0) is 25.7. The van der Waals surface area contributed by atoms with Gasteiger partial charge in [-0.15, -0.1) is 5.10 Å². The summed E-state index contributed by atoms with van der Waals surface area (Å²) >= 11 is 0. The standard InChI is InChI=1S/C28H39N7/c1-9-25(29)26(21(5)31-23-16-33(7)17-23)27(22-13-11-19(3)12-14-22)34(8)24-15-20(4)28(32-30-6)35(10-2)18-24/h9,11-15,18,23,27,29,31H,1,6,10,16-17H2,2-5,7-8H3/b26-21+,29-25?,32-28-. The molecule has 2 heterocycles. The molecular weight excluding hydrogens is 434 g/mol. The van der Waals surface area contributed by atoms with Gasteiger partial charge in [-0.1, -0.05) is 36.4 Å². The second-order valence-electron chi connectivity index (χ2n) is 9.38. The van der Waals surface area contributed by atoms with Gasteiger partial charge in [0.1, 0.15) is 0 Å². The lowest BCUT2D eigenvalue weighted by atomic mass is 9.90. The van der Waals surface area contributed by atoms with Crippen molar-refractivity contribution < 1.29 is 0 Å². The molecule has 3 rings (SSSR count). The van der Waals surface area contributed by atoms with Crippen molar-refractivity contribution in [2.75, 3.05) is 32.1 Å². The number of pyridine rings is 1. The Hall–Kier alpha value is -3.45. The number of anilines is 1. The molecule has 0 saturated carbocycles. The molecule has 1 fully saturated rings. The maximum atomic E-state index is 8.88. The first kappa shape index (κ1) is 26.2. The van der Waals surface area contributed by atoms with E-state index in [4.69, 9.17) is 5.41 Å². The van der Waals surface area contributed by atoms with Crippen LogP contribution in [0, 0.1) is 19.3 Å². The zero-order valence-electron chi connectivity index (χ0n) is 22.0. The number of hydrogen-bond acceptors (Lipinski definition) is 6. The highest BCUT2D eigenvalue weighted by atomic mass is 15.2. The second-order valence-corrected chi connectivity index (χ2v) is 9.38. The largest absolute Gasteiger partial charge is 0.383 e. The number of likely N-dealkylation sites (tertiary alicyclic amines) is 1. The summed E-state index contributed by atoms with van der Waals surface area (Å²) in [7, 11) is 4.21. The SMILES string of the molecule is C=CC(=N)/C(=C(/C)NC1CN(C)C1)C(c1ccc(C)cc1)N(C)c1cc(C)/c(=N/N=C)n(CC)c1. The molecule has 0 bridgehead atoms. The summed E-state index contributed by atoms with van der Waals surface area (Å²) in [5.41, 5.74) is 7.52. The minimum atomic E-state index is -0.184. The van der Waals surface area contributed by atoms with Crippen molar-refractivity contribution in [1.29, 1.82) is 5.41 Å². The van der Waals surface area contributed by atoms with E-state index in [1.54, 1.807) is 6.08 Å². The summed E-state index contributed by atoms with van der Waals surface area (Å²) < 4.78 is 2.08. The van der Waals surface area contributed by atoms with Gasteiger partial charge in [0.15, 0.2) is 5.49 Å². The van der Waals surface area contributed by atoms with Crippen LogP contribution in [0.3, 0.4) is 0 Å². The van der Waals surface area contributed by atoms with E-state index in [1.165, 1.54) is 5.56 Å². The highest BCUT2D eigenvalue weighted by Gasteiger charge is 2.29. The number of likely N-dealkylation sites (N-methyl/N-ethyl adjacent to an activating group) is 2. The molecule has 2 N–H and O–H groups in total. The lowest BCUT2D eigenvalue weighted by Gasteiger charge is -2.39. The highest BCUT2D eigenvalue weighted by molar-refractivity contribution is 6.07. The monoisotopic (exact) mass is 473 g/mol. The van der Waals surface area contributed by atoms with E-state index < -0.39 is 0 Å². The van der Waals surface area contributed by atoms with Crippen LogP contribution in [0.25, 0.3) is 0 Å². The second kappa shape index (κ2) is 11.3. The van der Waals surface area contributed by atoms with Crippen LogP contribution in [0.5, 0.6) is 0 Å². The Balaban J connectivity index is 2.18. The fourth-order valence-electron chi connectivity index (χ4n) is 4.73. The van der Waals surface area contributed by atoms with Gasteiger partial charge in [-0.05, 0) is 58.0 Å². The molecule has 7 nitrogen and oxygen atoms in total. The van der Waals surface area contributed by atoms with Gasteiger partial charge in [0.2, 0.25) is 0 Å². The molecule has 1 atom stereocenters. The van der Waals surface area contributed by atoms with Crippen LogP contribution >= 0.6 is 0 Å². The van der Waals surface area contributed by atoms with Crippen LogP contribution in [0.2, 0.25) is 0 Å². The predicted molar refractivity (Wildman–Crippen MR) is 147 cm³/mol. The van der Waals surface area contributed by atoms with Gasteiger partial charge in [-0.3, -0.25) is 0 Å². The summed E-state index contributed by atoms with van der Waals surface area (Å²) in [6.45, 7) is 18.5. The van der Waals surface area contributed by atoms with E-state index in [-0.39, 0.29) is 6.04 Å². The third-order valence-corrected chi connectivity index (χ3v) is 6.63. The fraction of sp³-hybridized carbons (Fsp3) is 0.393. The van der Waals surface area contributed by atoms with E-state index in [0.717, 1.165) is 53.2 Å². The number of aryl methyl sites for hydroxylation is 3. The lowest BCUT2D eigenvalue weighted by molar-refractivity contribution is 0.170.